The third kappa shape index (κ3) is 7.51. The topological polar surface area (TPSA) is 148 Å². The summed E-state index contributed by atoms with van der Waals surface area (Å²) in [5, 5.41) is 3.99. The van der Waals surface area contributed by atoms with E-state index < -0.39 is 40.6 Å². The highest BCUT2D eigenvalue weighted by Crippen LogP contribution is 2.38. The van der Waals surface area contributed by atoms with Crippen LogP contribution in [0.3, 0.4) is 0 Å². The number of benzene rings is 2. The van der Waals surface area contributed by atoms with Crippen molar-refractivity contribution in [3.8, 4) is 22.6 Å². The number of alkyl halides is 3. The second-order valence-corrected chi connectivity index (χ2v) is 12.0. The highest BCUT2D eigenvalue weighted by Gasteiger charge is 2.31. The number of phosphoric acid groups is 1. The first kappa shape index (κ1) is 29.5. The van der Waals surface area contributed by atoms with E-state index in [1.807, 2.05) is 0 Å². The number of halogens is 3. The van der Waals surface area contributed by atoms with Gasteiger partial charge in [-0.1, -0.05) is 18.2 Å². The van der Waals surface area contributed by atoms with Crippen LogP contribution in [0.4, 0.5) is 13.2 Å². The van der Waals surface area contributed by atoms with Crippen molar-refractivity contribution < 1.29 is 45.2 Å². The van der Waals surface area contributed by atoms with Crippen molar-refractivity contribution in [2.45, 2.75) is 36.9 Å². The zero-order valence-corrected chi connectivity index (χ0v) is 22.0. The standard InChI is InChI=1S/C23H24F3N2O8PS/c1-22(2,36-37(30,31)32)11-12-35-20-19(15-7-9-18(10-8-15)38(3,33)34)14-27-28(21(20)29)17-6-4-5-16(13-17)23(24,25)26/h4-10,13-14H,11-12H2,1-3H3,(H2,30,31,32)/p-1. The molecule has 15 heteroatoms. The number of ether oxygens (including phenoxy) is 1. The maximum absolute atomic E-state index is 13.4. The molecule has 3 rings (SSSR count). The Morgan fingerprint density at radius 2 is 1.76 bits per heavy atom. The Balaban J connectivity index is 2.07. The second-order valence-electron chi connectivity index (χ2n) is 8.87. The summed E-state index contributed by atoms with van der Waals surface area (Å²) >= 11 is 0. The van der Waals surface area contributed by atoms with Crippen molar-refractivity contribution in [3.63, 3.8) is 0 Å². The minimum Gasteiger partial charge on any atom is -0.756 e. The summed E-state index contributed by atoms with van der Waals surface area (Å²) < 4.78 is 85.3. The van der Waals surface area contributed by atoms with Crippen molar-refractivity contribution in [2.24, 2.45) is 0 Å². The van der Waals surface area contributed by atoms with Crippen molar-refractivity contribution >= 4 is 17.7 Å². The zero-order valence-electron chi connectivity index (χ0n) is 20.3. The van der Waals surface area contributed by atoms with E-state index in [4.69, 9.17) is 9.63 Å². The van der Waals surface area contributed by atoms with E-state index in [2.05, 4.69) is 9.62 Å². The molecule has 0 fully saturated rings. The largest absolute Gasteiger partial charge is 0.756 e. The van der Waals surface area contributed by atoms with Gasteiger partial charge in [-0.15, -0.1) is 0 Å². The lowest BCUT2D eigenvalue weighted by Gasteiger charge is -2.30. The molecule has 0 aliphatic heterocycles. The van der Waals surface area contributed by atoms with Crippen molar-refractivity contribution in [3.05, 3.63) is 70.6 Å². The Hall–Kier alpha value is -3.03. The predicted molar refractivity (Wildman–Crippen MR) is 128 cm³/mol. The minimum absolute atomic E-state index is 0.0129. The third-order valence-electron chi connectivity index (χ3n) is 5.26. The summed E-state index contributed by atoms with van der Waals surface area (Å²) in [6.07, 6.45) is -2.60. The van der Waals surface area contributed by atoms with Crippen LogP contribution in [0.1, 0.15) is 25.8 Å². The average molecular weight is 575 g/mol. The Morgan fingerprint density at radius 3 is 2.32 bits per heavy atom. The molecule has 0 aliphatic carbocycles. The highest BCUT2D eigenvalue weighted by molar-refractivity contribution is 7.90. The summed E-state index contributed by atoms with van der Waals surface area (Å²) in [4.78, 5) is 33.5. The van der Waals surface area contributed by atoms with Crippen LogP contribution in [-0.4, -0.2) is 41.6 Å². The number of hydrogen-bond acceptors (Lipinski definition) is 8. The zero-order chi connectivity index (χ0) is 28.5. The molecular formula is C23H23F3N2O8PS-. The molecule has 0 spiro atoms. The maximum Gasteiger partial charge on any atom is 0.416 e. The van der Waals surface area contributed by atoms with Gasteiger partial charge >= 0.3 is 11.7 Å². The molecule has 0 amide bonds. The van der Waals surface area contributed by atoms with E-state index in [1.165, 1.54) is 50.4 Å². The van der Waals surface area contributed by atoms with E-state index in [9.17, 15) is 35.8 Å². The number of sulfone groups is 1. The molecule has 10 nitrogen and oxygen atoms in total. The van der Waals surface area contributed by atoms with Crippen LogP contribution in [0.5, 0.6) is 5.75 Å². The summed E-state index contributed by atoms with van der Waals surface area (Å²) in [5.41, 5.74) is -3.11. The average Bonchev–Trinajstić information content (AvgIpc) is 2.77. The van der Waals surface area contributed by atoms with Crippen LogP contribution in [0, 0.1) is 0 Å². The van der Waals surface area contributed by atoms with E-state index in [0.717, 1.165) is 24.5 Å². The number of nitrogens with zero attached hydrogens (tertiary/aromatic N) is 2. The molecule has 1 unspecified atom stereocenters. The van der Waals surface area contributed by atoms with Gasteiger partial charge in [0.1, 0.15) is 0 Å². The summed E-state index contributed by atoms with van der Waals surface area (Å²) in [7, 11) is -8.59. The van der Waals surface area contributed by atoms with Gasteiger partial charge in [-0.25, -0.2) is 8.42 Å². The molecule has 1 N–H and O–H groups in total. The van der Waals surface area contributed by atoms with Crippen molar-refractivity contribution in [1.29, 1.82) is 0 Å². The summed E-state index contributed by atoms with van der Waals surface area (Å²) in [6.45, 7) is 2.41. The molecular weight excluding hydrogens is 552 g/mol. The predicted octanol–water partition coefficient (Wildman–Crippen LogP) is 3.35. The molecule has 38 heavy (non-hydrogen) atoms. The van der Waals surface area contributed by atoms with Gasteiger partial charge in [-0.3, -0.25) is 9.36 Å². The van der Waals surface area contributed by atoms with Gasteiger partial charge in [0.15, 0.2) is 15.6 Å². The van der Waals surface area contributed by atoms with E-state index in [0.29, 0.717) is 10.2 Å². The third-order valence-corrected chi connectivity index (χ3v) is 7.11. The fourth-order valence-corrected chi connectivity index (χ4v) is 4.77. The van der Waals surface area contributed by atoms with E-state index in [1.54, 1.807) is 0 Å². The van der Waals surface area contributed by atoms with Crippen LogP contribution in [0.25, 0.3) is 16.8 Å². The van der Waals surface area contributed by atoms with E-state index in [-0.39, 0.29) is 34.9 Å². The molecule has 1 aromatic heterocycles. The molecule has 1 atom stereocenters. The lowest BCUT2D eigenvalue weighted by atomic mass is 10.1. The fourth-order valence-electron chi connectivity index (χ4n) is 3.42. The van der Waals surface area contributed by atoms with Gasteiger partial charge < -0.3 is 19.0 Å². The number of rotatable bonds is 9. The fraction of sp³-hybridized carbons (Fsp3) is 0.304. The Bertz CT molecular complexity index is 1530. The lowest BCUT2D eigenvalue weighted by Crippen LogP contribution is -2.29. The van der Waals surface area contributed by atoms with Crippen molar-refractivity contribution in [1.82, 2.24) is 9.78 Å². The first-order chi connectivity index (χ1) is 17.4. The van der Waals surface area contributed by atoms with Gasteiger partial charge in [-0.2, -0.15) is 23.0 Å². The van der Waals surface area contributed by atoms with Crippen LogP contribution in [-0.2, 0) is 25.1 Å². The normalized spacial score (nSPS) is 14.2. The SMILES string of the molecule is CC(C)(CCOc1c(-c2ccc(S(C)(=O)=O)cc2)cnn(-c2cccc(C(F)(F)F)c2)c1=O)OP(=O)([O-])O. The molecule has 0 saturated heterocycles. The monoisotopic (exact) mass is 575 g/mol. The lowest BCUT2D eigenvalue weighted by molar-refractivity contribution is -0.229. The number of aromatic nitrogens is 2. The van der Waals surface area contributed by atoms with Crippen LogP contribution in [0.15, 0.2) is 64.4 Å². The van der Waals surface area contributed by atoms with Gasteiger partial charge in [-0.05, 0) is 49.7 Å². The maximum atomic E-state index is 13.4. The van der Waals surface area contributed by atoms with Gasteiger partial charge in [0.25, 0.3) is 7.82 Å². The number of phosphoric ester groups is 1. The molecule has 206 valence electrons. The first-order valence-electron chi connectivity index (χ1n) is 10.9. The Labute approximate surface area is 215 Å². The quantitative estimate of drug-likeness (QED) is 0.379. The van der Waals surface area contributed by atoms with Crippen LogP contribution < -0.4 is 15.2 Å². The molecule has 0 bridgehead atoms. The van der Waals surface area contributed by atoms with Gasteiger partial charge in [0, 0.05) is 18.2 Å². The van der Waals surface area contributed by atoms with Crippen LogP contribution in [0.2, 0.25) is 0 Å². The molecule has 0 aliphatic rings. The molecule has 0 radical (unpaired) electrons. The second kappa shape index (κ2) is 10.6. The molecule has 0 saturated carbocycles. The number of hydrogen-bond donors (Lipinski definition) is 1. The smallest absolute Gasteiger partial charge is 0.416 e. The first-order valence-corrected chi connectivity index (χ1v) is 14.2. The Morgan fingerprint density at radius 1 is 1.13 bits per heavy atom. The van der Waals surface area contributed by atoms with E-state index >= 15 is 0 Å². The highest BCUT2D eigenvalue weighted by atomic mass is 32.2. The van der Waals surface area contributed by atoms with Crippen LogP contribution >= 0.6 is 7.82 Å². The van der Waals surface area contributed by atoms with Gasteiger partial charge in [0.2, 0.25) is 0 Å². The summed E-state index contributed by atoms with van der Waals surface area (Å²) in [6, 6.07) is 9.35. The minimum atomic E-state index is -5.07. The molecule has 3 aromatic rings. The molecule has 2 aromatic carbocycles. The summed E-state index contributed by atoms with van der Waals surface area (Å²) in [5.74, 6) is -0.338. The van der Waals surface area contributed by atoms with Gasteiger partial charge in [0.05, 0.1) is 34.6 Å². The van der Waals surface area contributed by atoms with Crippen molar-refractivity contribution in [2.75, 3.05) is 12.9 Å². The molecule has 1 heterocycles. The Kier molecular flexibility index (Phi) is 8.25.